The molecule has 3 rings (SSSR count). The lowest BCUT2D eigenvalue weighted by molar-refractivity contribution is -0.174. The van der Waals surface area contributed by atoms with Crippen LogP contribution in [0.15, 0.2) is 42.5 Å². The van der Waals surface area contributed by atoms with Gasteiger partial charge in [-0.2, -0.15) is 13.2 Å². The zero-order valence-corrected chi connectivity index (χ0v) is 16.6. The number of alkyl halides is 3. The van der Waals surface area contributed by atoms with Gasteiger partial charge in [0.1, 0.15) is 0 Å². The number of fused-ring (bicyclic) bond motifs is 1. The molecule has 4 nitrogen and oxygen atoms in total. The van der Waals surface area contributed by atoms with Crippen LogP contribution in [0.2, 0.25) is 10.0 Å². The Labute approximate surface area is 175 Å². The lowest BCUT2D eigenvalue weighted by atomic mass is 9.94. The van der Waals surface area contributed by atoms with Gasteiger partial charge in [-0.05, 0) is 41.3 Å². The van der Waals surface area contributed by atoms with Gasteiger partial charge in [-0.3, -0.25) is 9.59 Å². The van der Waals surface area contributed by atoms with Gasteiger partial charge in [0.2, 0.25) is 5.91 Å². The molecule has 1 unspecified atom stereocenters. The molecule has 1 aliphatic rings. The van der Waals surface area contributed by atoms with Crippen molar-refractivity contribution in [2.75, 3.05) is 6.54 Å². The Bertz CT molecular complexity index is 914. The Hall–Kier alpha value is -2.25. The largest absolute Gasteiger partial charge is 0.471 e. The van der Waals surface area contributed by atoms with E-state index in [0.717, 1.165) is 5.56 Å². The highest BCUT2D eigenvalue weighted by molar-refractivity contribution is 6.34. The van der Waals surface area contributed by atoms with Crippen molar-refractivity contribution in [2.45, 2.75) is 31.6 Å². The highest BCUT2D eigenvalue weighted by Crippen LogP contribution is 2.29. The third kappa shape index (κ3) is 5.42. The number of benzene rings is 2. The quantitative estimate of drug-likeness (QED) is 0.743. The topological polar surface area (TPSA) is 49.4 Å². The molecule has 154 valence electrons. The first kappa shape index (κ1) is 21.5. The number of nitrogens with one attached hydrogen (secondary N) is 1. The van der Waals surface area contributed by atoms with Gasteiger partial charge >= 0.3 is 12.1 Å². The summed E-state index contributed by atoms with van der Waals surface area (Å²) >= 11 is 11.9. The minimum atomic E-state index is -4.99. The van der Waals surface area contributed by atoms with E-state index >= 15 is 0 Å². The second-order valence-corrected chi connectivity index (χ2v) is 7.65. The number of hydrogen-bond donors (Lipinski definition) is 1. The Morgan fingerprint density at radius 2 is 1.76 bits per heavy atom. The molecule has 0 aliphatic carbocycles. The van der Waals surface area contributed by atoms with Crippen molar-refractivity contribution >= 4 is 35.0 Å². The zero-order chi connectivity index (χ0) is 21.2. The molecule has 0 aromatic heterocycles. The third-order valence-electron chi connectivity index (χ3n) is 4.66. The summed E-state index contributed by atoms with van der Waals surface area (Å²) in [6.07, 6.45) is -4.47. The van der Waals surface area contributed by atoms with Crippen LogP contribution in [0, 0.1) is 0 Å². The fourth-order valence-corrected chi connectivity index (χ4v) is 3.90. The summed E-state index contributed by atoms with van der Waals surface area (Å²) in [6, 6.07) is 10.9. The average Bonchev–Trinajstić information content (AvgIpc) is 2.64. The van der Waals surface area contributed by atoms with Gasteiger partial charge in [0.25, 0.3) is 0 Å². The van der Waals surface area contributed by atoms with Gasteiger partial charge in [-0.15, -0.1) is 0 Å². The van der Waals surface area contributed by atoms with E-state index in [-0.39, 0.29) is 25.4 Å². The second-order valence-electron chi connectivity index (χ2n) is 6.77. The number of rotatable bonds is 4. The molecule has 0 spiro atoms. The van der Waals surface area contributed by atoms with E-state index in [1.165, 1.54) is 4.90 Å². The molecule has 1 atom stereocenters. The van der Waals surface area contributed by atoms with E-state index in [4.69, 9.17) is 23.2 Å². The first-order valence-electron chi connectivity index (χ1n) is 8.81. The van der Waals surface area contributed by atoms with Crippen LogP contribution in [0.3, 0.4) is 0 Å². The number of halogens is 5. The fraction of sp³-hybridized carbons (Fsp3) is 0.300. The van der Waals surface area contributed by atoms with E-state index in [2.05, 4.69) is 0 Å². The van der Waals surface area contributed by atoms with E-state index in [9.17, 15) is 22.8 Å². The minimum Gasteiger partial charge on any atom is -0.340 e. The Morgan fingerprint density at radius 1 is 1.10 bits per heavy atom. The molecule has 0 saturated heterocycles. The van der Waals surface area contributed by atoms with Crippen molar-refractivity contribution in [3.8, 4) is 0 Å². The maximum Gasteiger partial charge on any atom is 0.471 e. The van der Waals surface area contributed by atoms with Gasteiger partial charge in [0, 0.05) is 29.6 Å². The monoisotopic (exact) mass is 444 g/mol. The Morgan fingerprint density at radius 3 is 2.41 bits per heavy atom. The lowest BCUT2D eigenvalue weighted by Gasteiger charge is -2.35. The summed E-state index contributed by atoms with van der Waals surface area (Å²) in [5.41, 5.74) is 2.07. The van der Waals surface area contributed by atoms with Crippen LogP contribution in [0.25, 0.3) is 0 Å². The van der Waals surface area contributed by atoms with E-state index < -0.39 is 18.1 Å². The SMILES string of the molecule is O=C(CCc1cc(Cl)cc(Cl)c1)N1Cc2ccccc2C(NC(=O)C(F)(F)F)C1. The first-order valence-corrected chi connectivity index (χ1v) is 9.57. The predicted octanol–water partition coefficient (Wildman–Crippen LogP) is 4.69. The standard InChI is InChI=1S/C20H17Cl2F3N2O2/c21-14-7-12(8-15(22)9-14)5-6-18(28)27-10-13-3-1-2-4-16(13)17(11-27)26-19(29)20(23,24)25/h1-4,7-9,17H,5-6,10-11H2,(H,26,29). The number of aryl methyl sites for hydroxylation is 1. The van der Waals surface area contributed by atoms with E-state index in [1.807, 2.05) is 5.32 Å². The van der Waals surface area contributed by atoms with Crippen LogP contribution in [0.5, 0.6) is 0 Å². The molecule has 9 heteroatoms. The molecule has 0 fully saturated rings. The van der Waals surface area contributed by atoms with Crippen molar-refractivity contribution in [1.82, 2.24) is 10.2 Å². The van der Waals surface area contributed by atoms with Crippen LogP contribution in [0.1, 0.15) is 29.2 Å². The molecule has 1 heterocycles. The summed E-state index contributed by atoms with van der Waals surface area (Å²) in [7, 11) is 0. The van der Waals surface area contributed by atoms with Gasteiger partial charge < -0.3 is 10.2 Å². The predicted molar refractivity (Wildman–Crippen MR) is 104 cm³/mol. The van der Waals surface area contributed by atoms with Crippen LogP contribution in [-0.4, -0.2) is 29.4 Å². The smallest absolute Gasteiger partial charge is 0.340 e. The first-order chi connectivity index (χ1) is 13.6. The van der Waals surface area contributed by atoms with E-state index in [0.29, 0.717) is 27.6 Å². The number of hydrogen-bond acceptors (Lipinski definition) is 2. The Kier molecular flexibility index (Phi) is 6.39. The molecule has 0 bridgehead atoms. The molecule has 2 amide bonds. The van der Waals surface area contributed by atoms with Crippen molar-refractivity contribution in [2.24, 2.45) is 0 Å². The van der Waals surface area contributed by atoms with E-state index in [1.54, 1.807) is 42.5 Å². The zero-order valence-electron chi connectivity index (χ0n) is 15.1. The summed E-state index contributed by atoms with van der Waals surface area (Å²) in [5.74, 6) is -2.26. The van der Waals surface area contributed by atoms with Crippen molar-refractivity contribution in [1.29, 1.82) is 0 Å². The average molecular weight is 445 g/mol. The molecular weight excluding hydrogens is 428 g/mol. The fourth-order valence-electron chi connectivity index (χ4n) is 3.33. The molecule has 2 aromatic carbocycles. The van der Waals surface area contributed by atoms with Crippen molar-refractivity contribution in [3.05, 3.63) is 69.2 Å². The number of nitrogens with zero attached hydrogens (tertiary/aromatic N) is 1. The molecule has 29 heavy (non-hydrogen) atoms. The van der Waals surface area contributed by atoms with Crippen molar-refractivity contribution in [3.63, 3.8) is 0 Å². The van der Waals surface area contributed by atoms with Gasteiger partial charge in [0.15, 0.2) is 0 Å². The number of carbonyl (C=O) groups excluding carboxylic acids is 2. The molecular formula is C20H17Cl2F3N2O2. The Balaban J connectivity index is 1.72. The lowest BCUT2D eigenvalue weighted by Crippen LogP contribution is -2.47. The highest BCUT2D eigenvalue weighted by atomic mass is 35.5. The van der Waals surface area contributed by atoms with Crippen LogP contribution in [-0.2, 0) is 22.6 Å². The van der Waals surface area contributed by atoms with Gasteiger partial charge in [0.05, 0.1) is 6.04 Å². The molecule has 1 N–H and O–H groups in total. The maximum atomic E-state index is 12.7. The molecule has 0 saturated carbocycles. The maximum absolute atomic E-state index is 12.7. The summed E-state index contributed by atoms with van der Waals surface area (Å²) in [6.45, 7) is 0.234. The summed E-state index contributed by atoms with van der Waals surface area (Å²) < 4.78 is 38.1. The van der Waals surface area contributed by atoms with Crippen molar-refractivity contribution < 1.29 is 22.8 Å². The number of amides is 2. The highest BCUT2D eigenvalue weighted by Gasteiger charge is 2.41. The van der Waals surface area contributed by atoms with Crippen LogP contribution >= 0.6 is 23.2 Å². The molecule has 1 aliphatic heterocycles. The molecule has 0 radical (unpaired) electrons. The summed E-state index contributed by atoms with van der Waals surface area (Å²) in [5, 5.41) is 2.92. The van der Waals surface area contributed by atoms with Gasteiger partial charge in [-0.25, -0.2) is 0 Å². The summed E-state index contributed by atoms with van der Waals surface area (Å²) in [4.78, 5) is 25.6. The third-order valence-corrected chi connectivity index (χ3v) is 5.10. The van der Waals surface area contributed by atoms with Crippen LogP contribution in [0.4, 0.5) is 13.2 Å². The minimum absolute atomic E-state index is 0.0338. The second kappa shape index (κ2) is 8.63. The number of carbonyl (C=O) groups is 2. The van der Waals surface area contributed by atoms with Gasteiger partial charge in [-0.1, -0.05) is 47.5 Å². The molecule has 2 aromatic rings. The van der Waals surface area contributed by atoms with Crippen LogP contribution < -0.4 is 5.32 Å². The normalized spacial score (nSPS) is 16.3.